The first-order valence-electron chi connectivity index (χ1n) is 4.55. The van der Waals surface area contributed by atoms with Crippen LogP contribution in [-0.2, 0) is 0 Å². The van der Waals surface area contributed by atoms with Crippen molar-refractivity contribution in [1.29, 1.82) is 0 Å². The van der Waals surface area contributed by atoms with E-state index in [1.165, 1.54) is 17.5 Å². The molecule has 2 heteroatoms. The van der Waals surface area contributed by atoms with Crippen LogP contribution in [0, 0.1) is 12.8 Å². The van der Waals surface area contributed by atoms with Crippen LogP contribution >= 0.6 is 0 Å². The number of anilines is 1. The summed E-state index contributed by atoms with van der Waals surface area (Å²) in [7, 11) is 0. The summed E-state index contributed by atoms with van der Waals surface area (Å²) in [6.45, 7) is 3.24. The zero-order valence-electron chi connectivity index (χ0n) is 7.17. The molecule has 0 unspecified atom stereocenters. The van der Waals surface area contributed by atoms with E-state index in [9.17, 15) is 0 Å². The Morgan fingerprint density at radius 1 is 1.58 bits per heavy atom. The summed E-state index contributed by atoms with van der Waals surface area (Å²) in [4.78, 5) is 4.38. The summed E-state index contributed by atoms with van der Waals surface area (Å²) in [5, 5.41) is 3.37. The normalized spacial score (nSPS) is 30.1. The maximum absolute atomic E-state index is 4.38. The summed E-state index contributed by atoms with van der Waals surface area (Å²) in [5.74, 6) is 2.86. The SMILES string of the molecule is Cc1cnc2c(c1)[C@H]1C[C@H]1CN2. The largest absolute Gasteiger partial charge is 0.370 e. The maximum atomic E-state index is 4.38. The highest BCUT2D eigenvalue weighted by atomic mass is 15.0. The third-order valence-electron chi connectivity index (χ3n) is 2.91. The number of aryl methyl sites for hydroxylation is 1. The lowest BCUT2D eigenvalue weighted by Crippen LogP contribution is -2.13. The highest BCUT2D eigenvalue weighted by molar-refractivity contribution is 5.53. The summed E-state index contributed by atoms with van der Waals surface area (Å²) in [6.07, 6.45) is 3.31. The van der Waals surface area contributed by atoms with Gasteiger partial charge in [-0.05, 0) is 36.3 Å². The molecule has 0 saturated heterocycles. The molecule has 2 atom stereocenters. The van der Waals surface area contributed by atoms with E-state index >= 15 is 0 Å². The number of fused-ring (bicyclic) bond motifs is 3. The van der Waals surface area contributed by atoms with E-state index in [1.54, 1.807) is 0 Å². The first-order chi connectivity index (χ1) is 5.84. The minimum absolute atomic E-state index is 0.827. The second-order valence-corrected chi connectivity index (χ2v) is 3.93. The number of nitrogens with zero attached hydrogens (tertiary/aromatic N) is 1. The summed E-state index contributed by atoms with van der Waals surface area (Å²) in [5.41, 5.74) is 2.73. The van der Waals surface area contributed by atoms with Crippen molar-refractivity contribution in [3.05, 3.63) is 23.4 Å². The molecule has 1 fully saturated rings. The molecule has 1 aliphatic heterocycles. The van der Waals surface area contributed by atoms with Crippen LogP contribution in [0.2, 0.25) is 0 Å². The van der Waals surface area contributed by atoms with Crippen molar-refractivity contribution in [2.45, 2.75) is 19.3 Å². The van der Waals surface area contributed by atoms with E-state index in [0.29, 0.717) is 0 Å². The van der Waals surface area contributed by atoms with E-state index in [1.807, 2.05) is 6.20 Å². The number of rotatable bonds is 0. The van der Waals surface area contributed by atoms with Gasteiger partial charge in [-0.15, -0.1) is 0 Å². The lowest BCUT2D eigenvalue weighted by molar-refractivity contribution is 0.805. The summed E-state index contributed by atoms with van der Waals surface area (Å²) in [6, 6.07) is 2.28. The van der Waals surface area contributed by atoms with E-state index in [4.69, 9.17) is 0 Å². The monoisotopic (exact) mass is 160 g/mol. The average Bonchev–Trinajstić information content (AvgIpc) is 2.82. The van der Waals surface area contributed by atoms with Gasteiger partial charge in [0.05, 0.1) is 0 Å². The highest BCUT2D eigenvalue weighted by Crippen LogP contribution is 2.52. The van der Waals surface area contributed by atoms with Gasteiger partial charge in [-0.1, -0.05) is 6.07 Å². The molecule has 1 aliphatic carbocycles. The van der Waals surface area contributed by atoms with Crippen LogP contribution in [0.1, 0.15) is 23.5 Å². The molecule has 2 nitrogen and oxygen atoms in total. The van der Waals surface area contributed by atoms with Crippen molar-refractivity contribution in [3.8, 4) is 0 Å². The van der Waals surface area contributed by atoms with Crippen molar-refractivity contribution in [2.24, 2.45) is 5.92 Å². The number of hydrogen-bond acceptors (Lipinski definition) is 2. The first kappa shape index (κ1) is 6.46. The predicted molar refractivity (Wildman–Crippen MR) is 48.3 cm³/mol. The average molecular weight is 160 g/mol. The molecule has 0 bridgehead atoms. The Kier molecular flexibility index (Phi) is 1.08. The Labute approximate surface area is 72.0 Å². The fraction of sp³-hybridized carbons (Fsp3) is 0.500. The molecule has 0 spiro atoms. The molecule has 1 saturated carbocycles. The van der Waals surface area contributed by atoms with Crippen molar-refractivity contribution < 1.29 is 0 Å². The Morgan fingerprint density at radius 2 is 2.50 bits per heavy atom. The molecular formula is C10H12N2. The fourth-order valence-corrected chi connectivity index (χ4v) is 2.10. The predicted octanol–water partition coefficient (Wildman–Crippen LogP) is 1.92. The van der Waals surface area contributed by atoms with E-state index < -0.39 is 0 Å². The van der Waals surface area contributed by atoms with Gasteiger partial charge in [0, 0.05) is 12.7 Å². The van der Waals surface area contributed by atoms with Crippen LogP contribution < -0.4 is 5.32 Å². The molecular weight excluding hydrogens is 148 g/mol. The molecule has 1 aromatic rings. The quantitative estimate of drug-likeness (QED) is 0.627. The van der Waals surface area contributed by atoms with Gasteiger partial charge in [-0.3, -0.25) is 0 Å². The molecule has 0 amide bonds. The molecule has 2 heterocycles. The Morgan fingerprint density at radius 3 is 3.42 bits per heavy atom. The molecule has 1 N–H and O–H groups in total. The van der Waals surface area contributed by atoms with Gasteiger partial charge >= 0.3 is 0 Å². The van der Waals surface area contributed by atoms with Gasteiger partial charge < -0.3 is 5.32 Å². The third-order valence-corrected chi connectivity index (χ3v) is 2.91. The topological polar surface area (TPSA) is 24.9 Å². The smallest absolute Gasteiger partial charge is 0.129 e. The van der Waals surface area contributed by atoms with Gasteiger partial charge in [0.15, 0.2) is 0 Å². The lowest BCUT2D eigenvalue weighted by Gasteiger charge is -2.15. The van der Waals surface area contributed by atoms with Crippen LogP contribution in [0.25, 0.3) is 0 Å². The van der Waals surface area contributed by atoms with Crippen LogP contribution in [0.4, 0.5) is 5.82 Å². The third kappa shape index (κ3) is 0.779. The molecule has 0 aromatic carbocycles. The summed E-state index contributed by atoms with van der Waals surface area (Å²) < 4.78 is 0. The minimum Gasteiger partial charge on any atom is -0.370 e. The minimum atomic E-state index is 0.827. The standard InChI is InChI=1S/C10H12N2/c1-6-2-9-8-3-7(8)5-12-10(9)11-4-6/h2,4,7-8H,3,5H2,1H3,(H,11,12)/t7-,8-/m0/s1. The van der Waals surface area contributed by atoms with Crippen LogP contribution in [0.15, 0.2) is 12.3 Å². The molecule has 62 valence electrons. The van der Waals surface area contributed by atoms with Crippen LogP contribution in [0.5, 0.6) is 0 Å². The van der Waals surface area contributed by atoms with E-state index in [0.717, 1.165) is 24.2 Å². The molecule has 12 heavy (non-hydrogen) atoms. The van der Waals surface area contributed by atoms with E-state index in [2.05, 4.69) is 23.3 Å². The zero-order valence-corrected chi connectivity index (χ0v) is 7.17. The molecule has 0 radical (unpaired) electrons. The molecule has 1 aromatic heterocycles. The lowest BCUT2D eigenvalue weighted by atomic mass is 10.1. The van der Waals surface area contributed by atoms with Crippen LogP contribution in [0.3, 0.4) is 0 Å². The van der Waals surface area contributed by atoms with Gasteiger partial charge in [-0.2, -0.15) is 0 Å². The van der Waals surface area contributed by atoms with Gasteiger partial charge in [-0.25, -0.2) is 4.98 Å². The fourth-order valence-electron chi connectivity index (χ4n) is 2.10. The van der Waals surface area contributed by atoms with Gasteiger partial charge in [0.1, 0.15) is 5.82 Å². The Balaban J connectivity index is 2.14. The first-order valence-corrected chi connectivity index (χ1v) is 4.55. The van der Waals surface area contributed by atoms with Crippen molar-refractivity contribution in [3.63, 3.8) is 0 Å². The van der Waals surface area contributed by atoms with Gasteiger partial charge in [0.2, 0.25) is 0 Å². The number of pyridine rings is 1. The van der Waals surface area contributed by atoms with Crippen molar-refractivity contribution >= 4 is 5.82 Å². The second-order valence-electron chi connectivity index (χ2n) is 3.93. The van der Waals surface area contributed by atoms with Gasteiger partial charge in [0.25, 0.3) is 0 Å². The maximum Gasteiger partial charge on any atom is 0.129 e. The Hall–Kier alpha value is -1.05. The number of aromatic nitrogens is 1. The van der Waals surface area contributed by atoms with Crippen molar-refractivity contribution in [1.82, 2.24) is 4.98 Å². The highest BCUT2D eigenvalue weighted by Gasteiger charge is 2.42. The van der Waals surface area contributed by atoms with E-state index in [-0.39, 0.29) is 0 Å². The summed E-state index contributed by atoms with van der Waals surface area (Å²) >= 11 is 0. The second kappa shape index (κ2) is 2.00. The number of nitrogens with one attached hydrogen (secondary N) is 1. The molecule has 3 rings (SSSR count). The van der Waals surface area contributed by atoms with Crippen LogP contribution in [-0.4, -0.2) is 11.5 Å². The van der Waals surface area contributed by atoms with Crippen molar-refractivity contribution in [2.75, 3.05) is 11.9 Å². The molecule has 2 aliphatic rings. The Bertz CT molecular complexity index is 333. The number of hydrogen-bond donors (Lipinski definition) is 1. The zero-order chi connectivity index (χ0) is 8.13.